The van der Waals surface area contributed by atoms with E-state index in [0.29, 0.717) is 19.7 Å². The summed E-state index contributed by atoms with van der Waals surface area (Å²) in [5, 5.41) is 0. The molecule has 21 heavy (non-hydrogen) atoms. The highest BCUT2D eigenvalue weighted by molar-refractivity contribution is 5.68. The summed E-state index contributed by atoms with van der Waals surface area (Å²) in [7, 11) is 0. The first-order valence-corrected chi connectivity index (χ1v) is 7.44. The molecule has 1 aliphatic rings. The highest BCUT2D eigenvalue weighted by atomic mass is 16.6. The van der Waals surface area contributed by atoms with E-state index in [4.69, 9.17) is 4.74 Å². The molecular weight excluding hydrogens is 266 g/mol. The number of aromatic nitrogens is 1. The van der Waals surface area contributed by atoms with Crippen LogP contribution in [0.2, 0.25) is 0 Å². The van der Waals surface area contributed by atoms with Crippen LogP contribution in [0.1, 0.15) is 26.3 Å². The first-order chi connectivity index (χ1) is 9.85. The molecule has 0 bridgehead atoms. The average Bonchev–Trinajstić information content (AvgIpc) is 2.44. The Labute approximate surface area is 126 Å². The Balaban J connectivity index is 1.84. The van der Waals surface area contributed by atoms with Crippen molar-refractivity contribution in [2.24, 2.45) is 5.41 Å². The van der Waals surface area contributed by atoms with Crippen LogP contribution in [0.4, 0.5) is 10.6 Å². The van der Waals surface area contributed by atoms with Crippen molar-refractivity contribution < 1.29 is 9.53 Å². The minimum Gasteiger partial charge on any atom is -0.449 e. The van der Waals surface area contributed by atoms with Crippen LogP contribution in [0.25, 0.3) is 0 Å². The number of hydrogen-bond donors (Lipinski definition) is 0. The molecule has 0 radical (unpaired) electrons. The standard InChI is InChI=1S/C16H25N3O2/c1-13-5-6-17-14(11-13)18-7-9-19(10-8-18)15(20)21-12-16(2,3)4/h5-6,11H,7-10,12H2,1-4H3. The Hall–Kier alpha value is -1.78. The molecule has 0 N–H and O–H groups in total. The van der Waals surface area contributed by atoms with Crippen molar-refractivity contribution in [3.8, 4) is 0 Å². The summed E-state index contributed by atoms with van der Waals surface area (Å²) in [4.78, 5) is 20.4. The van der Waals surface area contributed by atoms with Crippen molar-refractivity contribution >= 4 is 11.9 Å². The average molecular weight is 291 g/mol. The van der Waals surface area contributed by atoms with Crippen LogP contribution in [0, 0.1) is 12.3 Å². The lowest BCUT2D eigenvalue weighted by molar-refractivity contribution is 0.0707. The second kappa shape index (κ2) is 6.33. The minimum atomic E-state index is -0.207. The fourth-order valence-corrected chi connectivity index (χ4v) is 2.18. The topological polar surface area (TPSA) is 45.7 Å². The highest BCUT2D eigenvalue weighted by Crippen LogP contribution is 2.17. The smallest absolute Gasteiger partial charge is 0.409 e. The molecule has 116 valence electrons. The molecule has 1 amide bonds. The van der Waals surface area contributed by atoms with Crippen LogP contribution in [0.5, 0.6) is 0 Å². The Bertz CT molecular complexity index is 489. The van der Waals surface area contributed by atoms with Crippen molar-refractivity contribution in [2.75, 3.05) is 37.7 Å². The maximum absolute atomic E-state index is 12.0. The van der Waals surface area contributed by atoms with Gasteiger partial charge in [0.1, 0.15) is 5.82 Å². The van der Waals surface area contributed by atoms with E-state index in [9.17, 15) is 4.79 Å². The molecule has 1 saturated heterocycles. The molecule has 0 atom stereocenters. The van der Waals surface area contributed by atoms with E-state index in [1.54, 1.807) is 4.90 Å². The number of carbonyl (C=O) groups is 1. The van der Waals surface area contributed by atoms with Gasteiger partial charge in [-0.25, -0.2) is 9.78 Å². The van der Waals surface area contributed by atoms with E-state index in [-0.39, 0.29) is 11.5 Å². The predicted molar refractivity (Wildman–Crippen MR) is 83.6 cm³/mol. The summed E-state index contributed by atoms with van der Waals surface area (Å²) >= 11 is 0. The van der Waals surface area contributed by atoms with Gasteiger partial charge in [-0.05, 0) is 30.0 Å². The summed E-state index contributed by atoms with van der Waals surface area (Å²) in [6.07, 6.45) is 1.62. The van der Waals surface area contributed by atoms with Crippen molar-refractivity contribution in [3.63, 3.8) is 0 Å². The van der Waals surface area contributed by atoms with E-state index >= 15 is 0 Å². The van der Waals surface area contributed by atoms with Crippen molar-refractivity contribution in [2.45, 2.75) is 27.7 Å². The van der Waals surface area contributed by atoms with Gasteiger partial charge in [0.15, 0.2) is 0 Å². The Morgan fingerprint density at radius 3 is 2.52 bits per heavy atom. The SMILES string of the molecule is Cc1ccnc(N2CCN(C(=O)OCC(C)(C)C)CC2)c1. The van der Waals surface area contributed by atoms with Gasteiger partial charge in [0, 0.05) is 32.4 Å². The minimum absolute atomic E-state index is 0.00294. The number of pyridine rings is 1. The lowest BCUT2D eigenvalue weighted by atomic mass is 9.99. The lowest BCUT2D eigenvalue weighted by Gasteiger charge is -2.35. The maximum atomic E-state index is 12.0. The third kappa shape index (κ3) is 4.62. The first kappa shape index (κ1) is 15.6. The van der Waals surface area contributed by atoms with Gasteiger partial charge in [0.2, 0.25) is 0 Å². The number of carbonyl (C=O) groups excluding carboxylic acids is 1. The van der Waals surface area contributed by atoms with Crippen molar-refractivity contribution in [3.05, 3.63) is 23.9 Å². The third-order valence-corrected chi connectivity index (χ3v) is 3.39. The molecule has 0 spiro atoms. The van der Waals surface area contributed by atoms with Crippen LogP contribution in [-0.4, -0.2) is 48.8 Å². The van der Waals surface area contributed by atoms with Crippen LogP contribution < -0.4 is 4.90 Å². The molecule has 5 heteroatoms. The van der Waals surface area contributed by atoms with Gasteiger partial charge in [-0.15, -0.1) is 0 Å². The number of piperazine rings is 1. The molecule has 0 saturated carbocycles. The van der Waals surface area contributed by atoms with Gasteiger partial charge in [-0.1, -0.05) is 20.8 Å². The quantitative estimate of drug-likeness (QED) is 0.840. The molecule has 0 aromatic carbocycles. The van der Waals surface area contributed by atoms with Crippen molar-refractivity contribution in [1.29, 1.82) is 0 Å². The summed E-state index contributed by atoms with van der Waals surface area (Å²) in [5.41, 5.74) is 1.20. The fraction of sp³-hybridized carbons (Fsp3) is 0.625. The molecule has 0 aliphatic carbocycles. The van der Waals surface area contributed by atoms with Gasteiger partial charge in [-0.2, -0.15) is 0 Å². The van der Waals surface area contributed by atoms with Crippen LogP contribution in [-0.2, 0) is 4.74 Å². The molecule has 2 rings (SSSR count). The van der Waals surface area contributed by atoms with Crippen LogP contribution in [0.3, 0.4) is 0 Å². The van der Waals surface area contributed by atoms with E-state index in [0.717, 1.165) is 18.9 Å². The Kier molecular flexibility index (Phi) is 4.70. The number of aryl methyl sites for hydroxylation is 1. The third-order valence-electron chi connectivity index (χ3n) is 3.39. The molecule has 1 aliphatic heterocycles. The summed E-state index contributed by atoms with van der Waals surface area (Å²) < 4.78 is 5.36. The summed E-state index contributed by atoms with van der Waals surface area (Å²) in [6, 6.07) is 4.07. The van der Waals surface area contributed by atoms with Crippen LogP contribution in [0.15, 0.2) is 18.3 Å². The number of amides is 1. The normalized spacial score (nSPS) is 16.0. The zero-order chi connectivity index (χ0) is 15.5. The highest BCUT2D eigenvalue weighted by Gasteiger charge is 2.24. The summed E-state index contributed by atoms with van der Waals surface area (Å²) in [6.45, 7) is 11.6. The largest absolute Gasteiger partial charge is 0.449 e. The van der Waals surface area contributed by atoms with Crippen LogP contribution >= 0.6 is 0 Å². The molecular formula is C16H25N3O2. The summed E-state index contributed by atoms with van der Waals surface area (Å²) in [5.74, 6) is 0.984. The van der Waals surface area contributed by atoms with Gasteiger partial charge >= 0.3 is 6.09 Å². The van der Waals surface area contributed by atoms with E-state index in [2.05, 4.69) is 43.6 Å². The van der Waals surface area contributed by atoms with Gasteiger partial charge in [0.25, 0.3) is 0 Å². The second-order valence-corrected chi connectivity index (χ2v) is 6.78. The van der Waals surface area contributed by atoms with E-state index in [1.165, 1.54) is 5.56 Å². The molecule has 1 aromatic heterocycles. The lowest BCUT2D eigenvalue weighted by Crippen LogP contribution is -2.49. The van der Waals surface area contributed by atoms with E-state index < -0.39 is 0 Å². The predicted octanol–water partition coefficient (Wildman–Crippen LogP) is 2.69. The molecule has 5 nitrogen and oxygen atoms in total. The first-order valence-electron chi connectivity index (χ1n) is 7.44. The maximum Gasteiger partial charge on any atom is 0.409 e. The Morgan fingerprint density at radius 2 is 1.95 bits per heavy atom. The van der Waals surface area contributed by atoms with E-state index in [1.807, 2.05) is 12.3 Å². The second-order valence-electron chi connectivity index (χ2n) is 6.78. The number of anilines is 1. The van der Waals surface area contributed by atoms with Gasteiger partial charge < -0.3 is 14.5 Å². The van der Waals surface area contributed by atoms with Gasteiger partial charge in [-0.3, -0.25) is 0 Å². The number of hydrogen-bond acceptors (Lipinski definition) is 4. The van der Waals surface area contributed by atoms with Gasteiger partial charge in [0.05, 0.1) is 6.61 Å². The molecule has 2 heterocycles. The van der Waals surface area contributed by atoms with Crippen molar-refractivity contribution in [1.82, 2.24) is 9.88 Å². The monoisotopic (exact) mass is 291 g/mol. The molecule has 1 fully saturated rings. The number of rotatable bonds is 2. The molecule has 1 aromatic rings. The fourth-order valence-electron chi connectivity index (χ4n) is 2.18. The Morgan fingerprint density at radius 1 is 1.29 bits per heavy atom. The zero-order valence-corrected chi connectivity index (χ0v) is 13.4. The number of nitrogens with zero attached hydrogens (tertiary/aromatic N) is 3. The zero-order valence-electron chi connectivity index (χ0n) is 13.4. The molecule has 0 unspecified atom stereocenters. The number of ether oxygens (including phenoxy) is 1.